The van der Waals surface area contributed by atoms with E-state index in [1.165, 1.54) is 0 Å². The number of para-hydroxylation sites is 1. The van der Waals surface area contributed by atoms with Crippen molar-refractivity contribution in [3.8, 4) is 0 Å². The lowest BCUT2D eigenvalue weighted by Crippen LogP contribution is -2.34. The second kappa shape index (κ2) is 7.00. The van der Waals surface area contributed by atoms with Gasteiger partial charge in [-0.3, -0.25) is 4.79 Å². The van der Waals surface area contributed by atoms with E-state index in [4.69, 9.17) is 0 Å². The van der Waals surface area contributed by atoms with Crippen LogP contribution < -0.4 is 10.2 Å². The number of nitrogens with zero attached hydrogens (tertiary/aromatic N) is 1. The Kier molecular flexibility index (Phi) is 4.81. The van der Waals surface area contributed by atoms with Gasteiger partial charge in [0.1, 0.15) is 11.6 Å². The van der Waals surface area contributed by atoms with E-state index < -0.39 is 11.6 Å². The maximum absolute atomic E-state index is 13.6. The van der Waals surface area contributed by atoms with Crippen LogP contribution >= 0.6 is 11.8 Å². The van der Waals surface area contributed by atoms with Crippen LogP contribution in [-0.4, -0.2) is 24.7 Å². The van der Waals surface area contributed by atoms with Crippen LogP contribution in [0, 0.1) is 11.6 Å². The summed E-state index contributed by atoms with van der Waals surface area (Å²) in [5.41, 5.74) is 0.873. The summed E-state index contributed by atoms with van der Waals surface area (Å²) in [7, 11) is 0. The van der Waals surface area contributed by atoms with E-state index in [0.717, 1.165) is 47.5 Å². The molecule has 1 heterocycles. The highest BCUT2D eigenvalue weighted by Gasteiger charge is 2.18. The van der Waals surface area contributed by atoms with Gasteiger partial charge in [0.15, 0.2) is 0 Å². The van der Waals surface area contributed by atoms with Crippen molar-refractivity contribution in [3.05, 3.63) is 54.1 Å². The molecule has 1 aliphatic heterocycles. The number of carbonyl (C=O) groups is 1. The highest BCUT2D eigenvalue weighted by molar-refractivity contribution is 7.99. The highest BCUT2D eigenvalue weighted by Crippen LogP contribution is 2.33. The molecule has 0 fully saturated rings. The number of hydrogen-bond donors (Lipinski definition) is 1. The van der Waals surface area contributed by atoms with E-state index in [1.54, 1.807) is 11.8 Å². The zero-order valence-electron chi connectivity index (χ0n) is 12.4. The zero-order chi connectivity index (χ0) is 16.2. The van der Waals surface area contributed by atoms with Gasteiger partial charge in [0.25, 0.3) is 0 Å². The van der Waals surface area contributed by atoms with Crippen LogP contribution in [-0.2, 0) is 4.79 Å². The number of thioether (sulfide) groups is 1. The van der Waals surface area contributed by atoms with Gasteiger partial charge in [0.2, 0.25) is 5.91 Å². The standard InChI is InChI=1S/C17H16F2N2OS/c18-12-6-7-13(19)14(10-12)20-17(22)11-21-8-3-9-23-16-5-2-1-4-15(16)21/h1-2,4-7,10H,3,8-9,11H2,(H,20,22). The molecular weight excluding hydrogens is 318 g/mol. The Bertz CT molecular complexity index is 723. The fraction of sp³-hybridized carbons (Fsp3) is 0.235. The number of benzene rings is 2. The van der Waals surface area contributed by atoms with Gasteiger partial charge in [0.05, 0.1) is 17.9 Å². The molecule has 0 saturated heterocycles. The number of rotatable bonds is 3. The summed E-state index contributed by atoms with van der Waals surface area (Å²) in [6.45, 7) is 0.858. The summed E-state index contributed by atoms with van der Waals surface area (Å²) in [6.07, 6.45) is 0.959. The summed E-state index contributed by atoms with van der Waals surface area (Å²) in [5.74, 6) is -0.603. The fourth-order valence-electron chi connectivity index (χ4n) is 2.52. The van der Waals surface area contributed by atoms with Gasteiger partial charge in [-0.15, -0.1) is 11.8 Å². The molecule has 0 aromatic heterocycles. The first-order valence-corrected chi connectivity index (χ1v) is 8.34. The van der Waals surface area contributed by atoms with Gasteiger partial charge in [-0.25, -0.2) is 8.78 Å². The van der Waals surface area contributed by atoms with Crippen LogP contribution in [0.25, 0.3) is 0 Å². The molecule has 0 aliphatic carbocycles. The highest BCUT2D eigenvalue weighted by atomic mass is 32.2. The van der Waals surface area contributed by atoms with Crippen molar-refractivity contribution in [2.24, 2.45) is 0 Å². The van der Waals surface area contributed by atoms with E-state index in [-0.39, 0.29) is 18.1 Å². The SMILES string of the molecule is O=C(CN1CCCSc2ccccc21)Nc1cc(F)ccc1F. The molecule has 2 aromatic carbocycles. The lowest BCUT2D eigenvalue weighted by atomic mass is 10.2. The Morgan fingerprint density at radius 1 is 1.22 bits per heavy atom. The van der Waals surface area contributed by atoms with Gasteiger partial charge in [-0.1, -0.05) is 12.1 Å². The first-order chi connectivity index (χ1) is 11.1. The van der Waals surface area contributed by atoms with Crippen LogP contribution in [0.3, 0.4) is 0 Å². The van der Waals surface area contributed by atoms with E-state index in [1.807, 2.05) is 29.2 Å². The number of hydrogen-bond acceptors (Lipinski definition) is 3. The largest absolute Gasteiger partial charge is 0.361 e. The van der Waals surface area contributed by atoms with Crippen LogP contribution in [0.1, 0.15) is 6.42 Å². The fourth-order valence-corrected chi connectivity index (χ4v) is 3.53. The average molecular weight is 334 g/mol. The van der Waals surface area contributed by atoms with Crippen molar-refractivity contribution < 1.29 is 13.6 Å². The van der Waals surface area contributed by atoms with Crippen molar-refractivity contribution >= 4 is 29.0 Å². The van der Waals surface area contributed by atoms with E-state index in [2.05, 4.69) is 5.32 Å². The third-order valence-electron chi connectivity index (χ3n) is 3.57. The topological polar surface area (TPSA) is 32.3 Å². The number of carbonyl (C=O) groups excluding carboxylic acids is 1. The van der Waals surface area contributed by atoms with Crippen molar-refractivity contribution in [2.75, 3.05) is 29.1 Å². The van der Waals surface area contributed by atoms with Crippen LogP contribution in [0.2, 0.25) is 0 Å². The minimum Gasteiger partial charge on any atom is -0.361 e. The summed E-state index contributed by atoms with van der Waals surface area (Å²) in [4.78, 5) is 15.3. The van der Waals surface area contributed by atoms with Crippen molar-refractivity contribution in [3.63, 3.8) is 0 Å². The monoisotopic (exact) mass is 334 g/mol. The van der Waals surface area contributed by atoms with Crippen molar-refractivity contribution in [1.29, 1.82) is 0 Å². The number of amides is 1. The molecule has 1 N–H and O–H groups in total. The molecule has 0 saturated carbocycles. The van der Waals surface area contributed by atoms with E-state index >= 15 is 0 Å². The van der Waals surface area contributed by atoms with Gasteiger partial charge < -0.3 is 10.2 Å². The quantitative estimate of drug-likeness (QED) is 0.924. The Hall–Kier alpha value is -2.08. The first kappa shape index (κ1) is 15.8. The Labute approximate surface area is 137 Å². The molecule has 0 radical (unpaired) electrons. The maximum atomic E-state index is 13.6. The number of fused-ring (bicyclic) bond motifs is 1. The molecule has 1 amide bonds. The first-order valence-electron chi connectivity index (χ1n) is 7.35. The van der Waals surface area contributed by atoms with Gasteiger partial charge in [-0.2, -0.15) is 0 Å². The van der Waals surface area contributed by atoms with Gasteiger partial charge in [0, 0.05) is 17.5 Å². The third-order valence-corrected chi connectivity index (χ3v) is 4.72. The Morgan fingerprint density at radius 2 is 2.04 bits per heavy atom. The van der Waals surface area contributed by atoms with Crippen molar-refractivity contribution in [2.45, 2.75) is 11.3 Å². The molecule has 0 unspecified atom stereocenters. The molecule has 1 aliphatic rings. The molecule has 6 heteroatoms. The lowest BCUT2D eigenvalue weighted by molar-refractivity contribution is -0.115. The molecule has 0 atom stereocenters. The predicted octanol–water partition coefficient (Wildman–Crippen LogP) is 3.91. The van der Waals surface area contributed by atoms with Gasteiger partial charge in [-0.05, 0) is 36.4 Å². The number of nitrogens with one attached hydrogen (secondary N) is 1. The molecular formula is C17H16F2N2OS. The molecule has 120 valence electrons. The van der Waals surface area contributed by atoms with Crippen LogP contribution in [0.5, 0.6) is 0 Å². The maximum Gasteiger partial charge on any atom is 0.243 e. The Morgan fingerprint density at radius 3 is 2.91 bits per heavy atom. The predicted molar refractivity (Wildman–Crippen MR) is 89.0 cm³/mol. The summed E-state index contributed by atoms with van der Waals surface area (Å²) < 4.78 is 26.8. The smallest absolute Gasteiger partial charge is 0.243 e. The molecule has 0 spiro atoms. The molecule has 0 bridgehead atoms. The normalized spacial score (nSPS) is 14.1. The minimum absolute atomic E-state index is 0.105. The molecule has 3 rings (SSSR count). The minimum atomic E-state index is -0.647. The summed E-state index contributed by atoms with van der Waals surface area (Å²) in [6, 6.07) is 10.9. The summed E-state index contributed by atoms with van der Waals surface area (Å²) >= 11 is 1.77. The zero-order valence-corrected chi connectivity index (χ0v) is 13.2. The lowest BCUT2D eigenvalue weighted by Gasteiger charge is -2.23. The van der Waals surface area contributed by atoms with Crippen LogP contribution in [0.15, 0.2) is 47.4 Å². The second-order valence-electron chi connectivity index (χ2n) is 5.26. The van der Waals surface area contributed by atoms with Crippen LogP contribution in [0.4, 0.5) is 20.2 Å². The second-order valence-corrected chi connectivity index (χ2v) is 6.40. The van der Waals surface area contributed by atoms with E-state index in [0.29, 0.717) is 0 Å². The van der Waals surface area contributed by atoms with Gasteiger partial charge >= 0.3 is 0 Å². The molecule has 2 aromatic rings. The van der Waals surface area contributed by atoms with E-state index in [9.17, 15) is 13.6 Å². The third kappa shape index (κ3) is 3.82. The average Bonchev–Trinajstić information content (AvgIpc) is 2.74. The summed E-state index contributed by atoms with van der Waals surface area (Å²) in [5, 5.41) is 2.45. The number of halogens is 2. The molecule has 23 heavy (non-hydrogen) atoms. The van der Waals surface area contributed by atoms with Crippen molar-refractivity contribution in [1.82, 2.24) is 0 Å². The number of anilines is 2. The molecule has 3 nitrogen and oxygen atoms in total. The Balaban J connectivity index is 1.74.